The molecule has 1 atom stereocenters. The van der Waals surface area contributed by atoms with Gasteiger partial charge in [-0.2, -0.15) is 0 Å². The lowest BCUT2D eigenvalue weighted by atomic mass is 9.93. The number of nitrogens with zero attached hydrogens (tertiary/aromatic N) is 5. The lowest BCUT2D eigenvalue weighted by Crippen LogP contribution is -2.40. The second-order valence-electron chi connectivity index (χ2n) is 7.62. The summed E-state index contributed by atoms with van der Waals surface area (Å²) in [5.74, 6) is 0.728. The van der Waals surface area contributed by atoms with Gasteiger partial charge in [0, 0.05) is 31.9 Å². The van der Waals surface area contributed by atoms with Gasteiger partial charge in [-0.1, -0.05) is 6.07 Å². The lowest BCUT2D eigenvalue weighted by molar-refractivity contribution is 0.0672. The van der Waals surface area contributed by atoms with E-state index < -0.39 is 0 Å². The molecule has 6 nitrogen and oxygen atoms in total. The number of rotatable bonds is 4. The van der Waals surface area contributed by atoms with E-state index in [1.54, 1.807) is 24.5 Å². The molecule has 0 radical (unpaired) electrons. The number of aromatic nitrogens is 4. The number of imidazole rings is 1. The van der Waals surface area contributed by atoms with Crippen LogP contribution in [-0.4, -0.2) is 43.4 Å². The molecule has 7 heteroatoms. The number of likely N-dealkylation sites (tertiary alicyclic amines) is 1. The maximum absolute atomic E-state index is 13.5. The summed E-state index contributed by atoms with van der Waals surface area (Å²) in [5, 5.41) is 0. The van der Waals surface area contributed by atoms with Gasteiger partial charge in [0.15, 0.2) is 0 Å². The Labute approximate surface area is 169 Å². The Morgan fingerprint density at radius 2 is 2.14 bits per heavy atom. The van der Waals surface area contributed by atoms with E-state index in [4.69, 9.17) is 4.98 Å². The van der Waals surface area contributed by atoms with Gasteiger partial charge in [-0.15, -0.1) is 0 Å². The molecule has 1 aliphatic heterocycles. The summed E-state index contributed by atoms with van der Waals surface area (Å²) in [6.07, 6.45) is 8.07. The van der Waals surface area contributed by atoms with Crippen LogP contribution in [0.5, 0.6) is 0 Å². The first kappa shape index (κ1) is 19.2. The fraction of sp³-hybridized carbons (Fsp3) is 0.364. The summed E-state index contributed by atoms with van der Waals surface area (Å²) in [4.78, 5) is 28.0. The van der Waals surface area contributed by atoms with Crippen LogP contribution in [0.4, 0.5) is 4.39 Å². The molecule has 0 saturated carbocycles. The Morgan fingerprint density at radius 1 is 1.28 bits per heavy atom. The molecule has 1 amide bonds. The number of carbonyl (C=O) groups excluding carboxylic acids is 1. The van der Waals surface area contributed by atoms with Crippen LogP contribution >= 0.6 is 0 Å². The van der Waals surface area contributed by atoms with Crippen molar-refractivity contribution in [3.8, 4) is 11.4 Å². The van der Waals surface area contributed by atoms with E-state index in [1.807, 2.05) is 29.6 Å². The van der Waals surface area contributed by atoms with Crippen molar-refractivity contribution in [3.63, 3.8) is 0 Å². The molecule has 2 aromatic heterocycles. The Balaban J connectivity index is 1.46. The highest BCUT2D eigenvalue weighted by molar-refractivity contribution is 5.94. The molecule has 4 rings (SSSR count). The predicted octanol–water partition coefficient (Wildman–Crippen LogP) is 3.42. The third kappa shape index (κ3) is 4.18. The average molecular weight is 393 g/mol. The van der Waals surface area contributed by atoms with Gasteiger partial charge < -0.3 is 9.47 Å². The second-order valence-corrected chi connectivity index (χ2v) is 7.62. The van der Waals surface area contributed by atoms with Crippen LogP contribution in [0.3, 0.4) is 0 Å². The van der Waals surface area contributed by atoms with E-state index in [0.717, 1.165) is 42.2 Å². The SMILES string of the molecule is Cc1ncc(-c2cncc(C[C@H]3CCCN(C(=O)c4cccc(F)c4)C3)n2)n1C. The van der Waals surface area contributed by atoms with Gasteiger partial charge in [0.25, 0.3) is 5.91 Å². The van der Waals surface area contributed by atoms with E-state index in [0.29, 0.717) is 24.6 Å². The predicted molar refractivity (Wildman–Crippen MR) is 108 cm³/mol. The van der Waals surface area contributed by atoms with Crippen LogP contribution in [-0.2, 0) is 13.5 Å². The number of benzene rings is 1. The van der Waals surface area contributed by atoms with Gasteiger partial charge in [-0.3, -0.25) is 9.78 Å². The van der Waals surface area contributed by atoms with Gasteiger partial charge in [0.1, 0.15) is 17.3 Å². The molecular weight excluding hydrogens is 369 g/mol. The van der Waals surface area contributed by atoms with Crippen LogP contribution in [0, 0.1) is 18.7 Å². The van der Waals surface area contributed by atoms with E-state index >= 15 is 0 Å². The summed E-state index contributed by atoms with van der Waals surface area (Å²) < 4.78 is 15.5. The van der Waals surface area contributed by atoms with E-state index in [1.165, 1.54) is 12.1 Å². The highest BCUT2D eigenvalue weighted by Crippen LogP contribution is 2.23. The largest absolute Gasteiger partial charge is 0.338 e. The molecule has 3 aromatic rings. The summed E-state index contributed by atoms with van der Waals surface area (Å²) in [6, 6.07) is 5.90. The van der Waals surface area contributed by atoms with Crippen molar-refractivity contribution in [1.82, 2.24) is 24.4 Å². The first-order valence-corrected chi connectivity index (χ1v) is 9.85. The van der Waals surface area contributed by atoms with E-state index in [2.05, 4.69) is 9.97 Å². The monoisotopic (exact) mass is 393 g/mol. The summed E-state index contributed by atoms with van der Waals surface area (Å²) in [5.41, 5.74) is 3.04. The molecule has 0 aliphatic carbocycles. The zero-order chi connectivity index (χ0) is 20.4. The summed E-state index contributed by atoms with van der Waals surface area (Å²) >= 11 is 0. The van der Waals surface area contributed by atoms with Crippen LogP contribution in [0.15, 0.2) is 42.9 Å². The Morgan fingerprint density at radius 3 is 2.90 bits per heavy atom. The van der Waals surface area contributed by atoms with Gasteiger partial charge in [-0.25, -0.2) is 14.4 Å². The molecule has 29 heavy (non-hydrogen) atoms. The highest BCUT2D eigenvalue weighted by atomic mass is 19.1. The van der Waals surface area contributed by atoms with Crippen LogP contribution in [0.25, 0.3) is 11.4 Å². The zero-order valence-corrected chi connectivity index (χ0v) is 16.7. The number of hydrogen-bond donors (Lipinski definition) is 0. The van der Waals surface area contributed by atoms with Crippen molar-refractivity contribution < 1.29 is 9.18 Å². The first-order chi connectivity index (χ1) is 14.0. The molecule has 1 aromatic carbocycles. The Kier molecular flexibility index (Phi) is 5.38. The van der Waals surface area contributed by atoms with Crippen molar-refractivity contribution >= 4 is 5.91 Å². The van der Waals surface area contributed by atoms with Gasteiger partial charge in [0.2, 0.25) is 0 Å². The minimum Gasteiger partial charge on any atom is -0.338 e. The van der Waals surface area contributed by atoms with Gasteiger partial charge in [0.05, 0.1) is 23.8 Å². The molecule has 150 valence electrons. The maximum Gasteiger partial charge on any atom is 0.253 e. The average Bonchev–Trinajstić information content (AvgIpc) is 3.06. The Bertz CT molecular complexity index is 1030. The summed E-state index contributed by atoms with van der Waals surface area (Å²) in [7, 11) is 1.96. The normalized spacial score (nSPS) is 16.8. The molecule has 0 unspecified atom stereocenters. The molecule has 0 bridgehead atoms. The molecule has 0 spiro atoms. The maximum atomic E-state index is 13.5. The lowest BCUT2D eigenvalue weighted by Gasteiger charge is -2.32. The second kappa shape index (κ2) is 8.11. The number of piperidine rings is 1. The molecule has 1 aliphatic rings. The van der Waals surface area contributed by atoms with Crippen molar-refractivity contribution in [2.24, 2.45) is 13.0 Å². The number of amides is 1. The standard InChI is InChI=1S/C22H24FN5O/c1-15-25-13-21(27(15)2)20-12-24-11-19(26-20)9-16-5-4-8-28(14-16)22(29)17-6-3-7-18(23)10-17/h3,6-7,10-13,16H,4-5,8-9,14H2,1-2H3/t16-/m1/s1. The van der Waals surface area contributed by atoms with E-state index in [-0.39, 0.29) is 11.7 Å². The van der Waals surface area contributed by atoms with Crippen molar-refractivity contribution in [3.05, 3.63) is 65.8 Å². The number of hydrogen-bond acceptors (Lipinski definition) is 4. The van der Waals surface area contributed by atoms with Crippen LogP contribution in [0.1, 0.15) is 34.7 Å². The first-order valence-electron chi connectivity index (χ1n) is 9.85. The number of carbonyl (C=O) groups is 1. The molecule has 1 fully saturated rings. The molecule has 0 N–H and O–H groups in total. The third-order valence-electron chi connectivity index (χ3n) is 5.54. The minimum absolute atomic E-state index is 0.112. The fourth-order valence-corrected chi connectivity index (χ4v) is 3.88. The third-order valence-corrected chi connectivity index (χ3v) is 5.54. The Hall–Kier alpha value is -3.09. The fourth-order valence-electron chi connectivity index (χ4n) is 3.88. The van der Waals surface area contributed by atoms with E-state index in [9.17, 15) is 9.18 Å². The topological polar surface area (TPSA) is 63.9 Å². The van der Waals surface area contributed by atoms with Crippen molar-refractivity contribution in [2.75, 3.05) is 13.1 Å². The quantitative estimate of drug-likeness (QED) is 0.681. The van der Waals surface area contributed by atoms with Crippen LogP contribution < -0.4 is 0 Å². The van der Waals surface area contributed by atoms with Gasteiger partial charge >= 0.3 is 0 Å². The smallest absolute Gasteiger partial charge is 0.253 e. The number of halogens is 1. The highest BCUT2D eigenvalue weighted by Gasteiger charge is 2.25. The van der Waals surface area contributed by atoms with Crippen molar-refractivity contribution in [2.45, 2.75) is 26.2 Å². The number of aryl methyl sites for hydroxylation is 1. The van der Waals surface area contributed by atoms with Crippen molar-refractivity contribution in [1.29, 1.82) is 0 Å². The molecular formula is C22H24FN5O. The molecule has 1 saturated heterocycles. The van der Waals surface area contributed by atoms with Gasteiger partial charge in [-0.05, 0) is 50.3 Å². The minimum atomic E-state index is -0.387. The van der Waals surface area contributed by atoms with Crippen LogP contribution in [0.2, 0.25) is 0 Å². The zero-order valence-electron chi connectivity index (χ0n) is 16.7. The summed E-state index contributed by atoms with van der Waals surface area (Å²) in [6.45, 7) is 3.30. The molecule has 3 heterocycles.